The Balaban J connectivity index is -0.0000000800. The standard InChI is InChI=1S/ClH.H3N.H3O4P/c;;1-5(2,3)4/h1H;1H3;(H3,1,2,3,4). The van der Waals surface area contributed by atoms with Crippen molar-refractivity contribution in [3.63, 3.8) is 0 Å². The van der Waals surface area contributed by atoms with Crippen LogP contribution in [0.5, 0.6) is 0 Å². The number of rotatable bonds is 0. The van der Waals surface area contributed by atoms with Gasteiger partial charge in [-0.25, -0.2) is 4.57 Å². The van der Waals surface area contributed by atoms with Crippen molar-refractivity contribution in [3.8, 4) is 0 Å². The topological polar surface area (TPSA) is 114 Å². The van der Waals surface area contributed by atoms with Crippen molar-refractivity contribution in [2.75, 3.05) is 0 Å². The lowest BCUT2D eigenvalue weighted by Gasteiger charge is -1.82. The van der Waals surface area contributed by atoms with Crippen LogP contribution in [0.1, 0.15) is 0 Å². The van der Waals surface area contributed by atoms with Crippen molar-refractivity contribution < 1.29 is 31.7 Å². The van der Waals surface area contributed by atoms with Crippen LogP contribution in [0.25, 0.3) is 0 Å². The molecule has 0 bridgehead atoms. The summed E-state index contributed by atoms with van der Waals surface area (Å²) in [4.78, 5) is 21.6. The zero-order valence-corrected chi connectivity index (χ0v) is 5.23. The molecule has 0 aliphatic rings. The van der Waals surface area contributed by atoms with Gasteiger partial charge in [-0.2, -0.15) is 0 Å². The highest BCUT2D eigenvalue weighted by molar-refractivity contribution is 7.45. The van der Waals surface area contributed by atoms with Gasteiger partial charge in [0.2, 0.25) is 0 Å². The van der Waals surface area contributed by atoms with E-state index in [1.807, 2.05) is 0 Å². The second-order valence-electron chi connectivity index (χ2n) is 0.513. The molecule has 5 nitrogen and oxygen atoms in total. The molecule has 0 heterocycles. The molecule has 0 rings (SSSR count). The Morgan fingerprint density at radius 3 is 1.14 bits per heavy atom. The summed E-state index contributed by atoms with van der Waals surface area (Å²) in [5.74, 6) is 0. The zero-order valence-electron chi connectivity index (χ0n) is 3.58. The average molecular weight is 151 g/mol. The molecular formula is H7ClNO4P. The van der Waals surface area contributed by atoms with E-state index in [-0.39, 0.29) is 18.6 Å². The molecule has 0 radical (unpaired) electrons. The quantitative estimate of drug-likeness (QED) is 0.268. The van der Waals surface area contributed by atoms with Crippen molar-refractivity contribution in [1.82, 2.24) is 6.15 Å². The third-order valence-corrected chi connectivity index (χ3v) is 0. The smallest absolute Gasteiger partial charge is 0.466 e. The first kappa shape index (κ1) is 15.7. The summed E-state index contributed by atoms with van der Waals surface area (Å²) in [6.07, 6.45) is 0. The van der Waals surface area contributed by atoms with E-state index in [0.29, 0.717) is 0 Å². The van der Waals surface area contributed by atoms with Crippen LogP contribution in [0.3, 0.4) is 0 Å². The lowest BCUT2D eigenvalue weighted by atomic mass is 14.0. The Morgan fingerprint density at radius 2 is 1.14 bits per heavy atom. The number of halogens is 1. The third-order valence-electron chi connectivity index (χ3n) is 0. The van der Waals surface area contributed by atoms with Gasteiger partial charge in [-0.15, -0.1) is 0 Å². The van der Waals surface area contributed by atoms with E-state index in [0.717, 1.165) is 0 Å². The molecule has 0 aromatic carbocycles. The minimum atomic E-state index is -4.64. The number of hydrogen-bond acceptors (Lipinski definition) is 1. The van der Waals surface area contributed by atoms with Gasteiger partial charge < -0.3 is 33.2 Å². The molecule has 0 aliphatic heterocycles. The lowest BCUT2D eigenvalue weighted by Crippen LogP contribution is -3.00. The second-order valence-corrected chi connectivity index (χ2v) is 1.54. The number of phosphoric acid groups is 1. The van der Waals surface area contributed by atoms with Gasteiger partial charge in [0, 0.05) is 0 Å². The predicted octanol–water partition coefficient (Wildman–Crippen LogP) is -3.55. The van der Waals surface area contributed by atoms with Gasteiger partial charge in [-0.05, 0) is 0 Å². The molecule has 7 N–H and O–H groups in total. The summed E-state index contributed by atoms with van der Waals surface area (Å²) in [6, 6.07) is 0. The van der Waals surface area contributed by atoms with Crippen molar-refractivity contribution in [1.29, 1.82) is 0 Å². The summed E-state index contributed by atoms with van der Waals surface area (Å²) in [5.41, 5.74) is 0. The van der Waals surface area contributed by atoms with Crippen molar-refractivity contribution in [2.45, 2.75) is 0 Å². The normalized spacial score (nSPS) is 8.43. The SMILES string of the molecule is O=P(O)(O)O.[Cl-].[NH4+]. The summed E-state index contributed by atoms with van der Waals surface area (Å²) in [5, 5.41) is 0. The maximum absolute atomic E-state index is 8.88. The maximum atomic E-state index is 8.88. The second kappa shape index (κ2) is 4.52. The highest BCUT2D eigenvalue weighted by Gasteiger charge is 2.00. The zero-order chi connectivity index (χ0) is 4.50. The molecule has 7 heteroatoms. The fourth-order valence-corrected chi connectivity index (χ4v) is 0. The van der Waals surface area contributed by atoms with Crippen LogP contribution in [0.2, 0.25) is 0 Å². The van der Waals surface area contributed by atoms with Gasteiger partial charge in [0.1, 0.15) is 0 Å². The van der Waals surface area contributed by atoms with E-state index < -0.39 is 7.82 Å². The van der Waals surface area contributed by atoms with E-state index >= 15 is 0 Å². The van der Waals surface area contributed by atoms with Gasteiger partial charge in [-0.1, -0.05) is 0 Å². The van der Waals surface area contributed by atoms with E-state index in [9.17, 15) is 0 Å². The highest BCUT2D eigenvalue weighted by atomic mass is 35.5. The first-order valence-electron chi connectivity index (χ1n) is 0.783. The summed E-state index contributed by atoms with van der Waals surface area (Å²) >= 11 is 0. The average Bonchev–Trinajstić information content (AvgIpc) is 0.722. The largest absolute Gasteiger partial charge is 1.00 e. The van der Waals surface area contributed by atoms with Crippen LogP contribution < -0.4 is 18.6 Å². The summed E-state index contributed by atoms with van der Waals surface area (Å²) in [6.45, 7) is 0. The first-order valence-corrected chi connectivity index (χ1v) is 2.35. The molecule has 0 aliphatic carbocycles. The highest BCUT2D eigenvalue weighted by Crippen LogP contribution is 2.25. The van der Waals surface area contributed by atoms with Crippen LogP contribution >= 0.6 is 7.82 Å². The Bertz CT molecular complexity index is 57.8. The summed E-state index contributed by atoms with van der Waals surface area (Å²) < 4.78 is 8.88. The number of quaternary nitrogens is 1. The van der Waals surface area contributed by atoms with Gasteiger partial charge in [-0.3, -0.25) is 0 Å². The minimum absolute atomic E-state index is 0. The maximum Gasteiger partial charge on any atom is 0.466 e. The van der Waals surface area contributed by atoms with Crippen LogP contribution in [0, 0.1) is 0 Å². The van der Waals surface area contributed by atoms with Crippen molar-refractivity contribution >= 4 is 7.82 Å². The Kier molecular flexibility index (Phi) is 10.1. The minimum Gasteiger partial charge on any atom is -1.00 e. The molecular weight excluding hydrogens is 144 g/mol. The molecule has 0 saturated heterocycles. The van der Waals surface area contributed by atoms with Crippen molar-refractivity contribution in [2.24, 2.45) is 0 Å². The monoisotopic (exact) mass is 151 g/mol. The van der Waals surface area contributed by atoms with E-state index in [1.165, 1.54) is 0 Å². The van der Waals surface area contributed by atoms with Gasteiger partial charge in [0.05, 0.1) is 0 Å². The molecule has 0 unspecified atom stereocenters. The van der Waals surface area contributed by atoms with Crippen LogP contribution in [0.15, 0.2) is 0 Å². The van der Waals surface area contributed by atoms with Crippen molar-refractivity contribution in [3.05, 3.63) is 0 Å². The Hall–Kier alpha value is 0.360. The Labute approximate surface area is 46.6 Å². The van der Waals surface area contributed by atoms with Gasteiger partial charge in [0.15, 0.2) is 0 Å². The van der Waals surface area contributed by atoms with Crippen LogP contribution in [-0.4, -0.2) is 14.7 Å². The van der Waals surface area contributed by atoms with Crippen LogP contribution in [-0.2, 0) is 4.57 Å². The number of hydrogen-bond donors (Lipinski definition) is 4. The fraction of sp³-hybridized carbons (Fsp3) is 0. The molecule has 0 aromatic heterocycles. The molecule has 0 aromatic rings. The van der Waals surface area contributed by atoms with Gasteiger partial charge in [0.25, 0.3) is 0 Å². The fourth-order valence-electron chi connectivity index (χ4n) is 0. The Morgan fingerprint density at radius 1 is 1.14 bits per heavy atom. The first-order chi connectivity index (χ1) is 2.00. The lowest BCUT2D eigenvalue weighted by molar-refractivity contribution is -0.0000107. The molecule has 0 spiro atoms. The third kappa shape index (κ3) is 933. The van der Waals surface area contributed by atoms with Gasteiger partial charge >= 0.3 is 7.82 Å². The molecule has 0 atom stereocenters. The predicted molar refractivity (Wildman–Crippen MR) is 20.2 cm³/mol. The van der Waals surface area contributed by atoms with E-state index in [2.05, 4.69) is 0 Å². The molecule has 0 amide bonds. The molecule has 0 saturated carbocycles. The van der Waals surface area contributed by atoms with E-state index in [4.69, 9.17) is 19.2 Å². The molecule has 0 fully saturated rings. The molecule has 7 heavy (non-hydrogen) atoms. The molecule has 48 valence electrons. The van der Waals surface area contributed by atoms with Crippen LogP contribution in [0.4, 0.5) is 0 Å². The summed E-state index contributed by atoms with van der Waals surface area (Å²) in [7, 11) is -4.64. The van der Waals surface area contributed by atoms with E-state index in [1.54, 1.807) is 0 Å².